The zero-order chi connectivity index (χ0) is 15.4. The number of piperidine rings is 1. The van der Waals surface area contributed by atoms with Gasteiger partial charge in [-0.25, -0.2) is 9.59 Å². The summed E-state index contributed by atoms with van der Waals surface area (Å²) in [5.74, 6) is -0.430. The fraction of sp³-hybridized carbons (Fsp3) is 0.875. The van der Waals surface area contributed by atoms with Crippen LogP contribution in [0.25, 0.3) is 0 Å². The van der Waals surface area contributed by atoms with Crippen LogP contribution in [0.4, 0.5) is 4.79 Å². The molecule has 2 aliphatic heterocycles. The number of likely N-dealkylation sites (tertiary alicyclic amines) is 2. The van der Waals surface area contributed by atoms with E-state index in [9.17, 15) is 14.7 Å². The minimum atomic E-state index is -0.857. The van der Waals surface area contributed by atoms with E-state index in [0.29, 0.717) is 18.9 Å². The first-order valence-corrected chi connectivity index (χ1v) is 8.34. The molecule has 2 rings (SSSR count). The highest BCUT2D eigenvalue weighted by Gasteiger charge is 2.38. The molecule has 0 aliphatic carbocycles. The van der Waals surface area contributed by atoms with Crippen LogP contribution in [0.3, 0.4) is 0 Å². The Hall–Kier alpha value is -1.26. The second-order valence-corrected chi connectivity index (χ2v) is 6.52. The third kappa shape index (κ3) is 3.69. The summed E-state index contributed by atoms with van der Waals surface area (Å²) in [6.45, 7) is 5.52. The van der Waals surface area contributed by atoms with Gasteiger partial charge in [-0.2, -0.15) is 0 Å². The molecular formula is C16H28N2O3. The summed E-state index contributed by atoms with van der Waals surface area (Å²) in [5, 5.41) is 9.48. The van der Waals surface area contributed by atoms with Crippen LogP contribution in [-0.4, -0.2) is 52.1 Å². The summed E-state index contributed by atoms with van der Waals surface area (Å²) in [4.78, 5) is 27.9. The normalized spacial score (nSPS) is 30.9. The molecule has 0 aromatic rings. The number of hydrogen-bond acceptors (Lipinski definition) is 2. The van der Waals surface area contributed by atoms with Gasteiger partial charge in [0.15, 0.2) is 0 Å². The molecule has 2 fully saturated rings. The largest absolute Gasteiger partial charge is 0.480 e. The van der Waals surface area contributed by atoms with Gasteiger partial charge < -0.3 is 14.9 Å². The Balaban J connectivity index is 2.10. The van der Waals surface area contributed by atoms with Crippen LogP contribution < -0.4 is 0 Å². The Labute approximate surface area is 127 Å². The highest BCUT2D eigenvalue weighted by molar-refractivity contribution is 5.83. The van der Waals surface area contributed by atoms with Gasteiger partial charge in [-0.3, -0.25) is 0 Å². The van der Waals surface area contributed by atoms with E-state index >= 15 is 0 Å². The predicted octanol–water partition coefficient (Wildman–Crippen LogP) is 2.95. The lowest BCUT2D eigenvalue weighted by molar-refractivity contribution is -0.144. The lowest BCUT2D eigenvalue weighted by Gasteiger charge is -2.41. The average molecular weight is 296 g/mol. The van der Waals surface area contributed by atoms with Gasteiger partial charge in [0.2, 0.25) is 0 Å². The number of urea groups is 1. The maximum Gasteiger partial charge on any atom is 0.326 e. The summed E-state index contributed by atoms with van der Waals surface area (Å²) in [6, 6.07) is -0.489. The second kappa shape index (κ2) is 7.14. The Morgan fingerprint density at radius 2 is 1.86 bits per heavy atom. The smallest absolute Gasteiger partial charge is 0.326 e. The van der Waals surface area contributed by atoms with Crippen molar-refractivity contribution in [3.05, 3.63) is 0 Å². The van der Waals surface area contributed by atoms with Gasteiger partial charge in [-0.05, 0) is 38.5 Å². The molecule has 0 saturated carbocycles. The van der Waals surface area contributed by atoms with E-state index in [1.807, 2.05) is 4.90 Å². The van der Waals surface area contributed by atoms with Gasteiger partial charge >= 0.3 is 12.0 Å². The fourth-order valence-corrected chi connectivity index (χ4v) is 3.60. The summed E-state index contributed by atoms with van der Waals surface area (Å²) in [6.07, 6.45) is 6.88. The van der Waals surface area contributed by atoms with Crippen molar-refractivity contribution in [3.8, 4) is 0 Å². The quantitative estimate of drug-likeness (QED) is 0.852. The van der Waals surface area contributed by atoms with Crippen molar-refractivity contribution in [1.82, 2.24) is 9.80 Å². The third-order valence-corrected chi connectivity index (χ3v) is 5.12. The number of rotatable bonds is 2. The van der Waals surface area contributed by atoms with Crippen LogP contribution in [0.15, 0.2) is 0 Å². The van der Waals surface area contributed by atoms with Crippen molar-refractivity contribution >= 4 is 12.0 Å². The van der Waals surface area contributed by atoms with Crippen LogP contribution in [-0.2, 0) is 4.79 Å². The highest BCUT2D eigenvalue weighted by Crippen LogP contribution is 2.28. The number of hydrogen-bond donors (Lipinski definition) is 1. The number of carbonyl (C=O) groups is 2. The topological polar surface area (TPSA) is 60.9 Å². The van der Waals surface area contributed by atoms with E-state index in [2.05, 4.69) is 13.8 Å². The maximum atomic E-state index is 12.8. The number of carboxylic acids is 1. The number of amides is 2. The number of aliphatic carboxylic acids is 1. The van der Waals surface area contributed by atoms with E-state index in [1.165, 1.54) is 0 Å². The van der Waals surface area contributed by atoms with E-state index in [1.54, 1.807) is 4.90 Å². The molecule has 0 spiro atoms. The molecule has 2 saturated heterocycles. The molecule has 2 aliphatic rings. The van der Waals surface area contributed by atoms with Gasteiger partial charge in [0.1, 0.15) is 6.04 Å². The molecule has 3 atom stereocenters. The zero-order valence-electron chi connectivity index (χ0n) is 13.3. The Morgan fingerprint density at radius 3 is 2.52 bits per heavy atom. The van der Waals surface area contributed by atoms with E-state index in [-0.39, 0.29) is 12.1 Å². The lowest BCUT2D eigenvalue weighted by atomic mass is 9.89. The average Bonchev–Trinajstić information content (AvgIpc) is 2.70. The number of carbonyl (C=O) groups excluding carboxylic acids is 1. The Bertz CT molecular complexity index is 386. The highest BCUT2D eigenvalue weighted by atomic mass is 16.4. The molecule has 2 amide bonds. The van der Waals surface area contributed by atoms with Crippen molar-refractivity contribution in [2.45, 2.75) is 70.9 Å². The van der Waals surface area contributed by atoms with Crippen LogP contribution in [0.2, 0.25) is 0 Å². The van der Waals surface area contributed by atoms with Gasteiger partial charge in [0.25, 0.3) is 0 Å². The molecule has 21 heavy (non-hydrogen) atoms. The predicted molar refractivity (Wildman–Crippen MR) is 81.2 cm³/mol. The maximum absolute atomic E-state index is 12.8. The second-order valence-electron chi connectivity index (χ2n) is 6.52. The summed E-state index contributed by atoms with van der Waals surface area (Å²) >= 11 is 0. The first-order chi connectivity index (χ1) is 10.0. The van der Waals surface area contributed by atoms with Gasteiger partial charge in [0, 0.05) is 19.1 Å². The van der Waals surface area contributed by atoms with Crippen LogP contribution >= 0.6 is 0 Å². The molecule has 5 nitrogen and oxygen atoms in total. The molecule has 1 N–H and O–H groups in total. The number of nitrogens with zero attached hydrogens (tertiary/aromatic N) is 2. The van der Waals surface area contributed by atoms with Gasteiger partial charge in [-0.15, -0.1) is 0 Å². The van der Waals surface area contributed by atoms with Crippen LogP contribution in [0.5, 0.6) is 0 Å². The minimum absolute atomic E-state index is 0.0636. The Morgan fingerprint density at radius 1 is 1.10 bits per heavy atom. The first-order valence-electron chi connectivity index (χ1n) is 8.34. The fourth-order valence-electron chi connectivity index (χ4n) is 3.60. The molecule has 0 bridgehead atoms. The van der Waals surface area contributed by atoms with E-state index in [0.717, 1.165) is 45.1 Å². The standard InChI is InChI=1S/C16H28N2O3/c1-3-13-8-10-18(14(11-13)15(19)20)16(21)17-9-6-4-5-7-12(17)2/h12-14H,3-11H2,1-2H3,(H,19,20). The summed E-state index contributed by atoms with van der Waals surface area (Å²) in [7, 11) is 0. The monoisotopic (exact) mass is 296 g/mol. The SMILES string of the molecule is CCC1CCN(C(=O)N2CCCCCC2C)C(C(=O)O)C1. The molecule has 5 heteroatoms. The zero-order valence-corrected chi connectivity index (χ0v) is 13.3. The number of carboxylic acid groups (broad SMARTS) is 1. The molecule has 3 unspecified atom stereocenters. The molecule has 120 valence electrons. The molecule has 0 aromatic heterocycles. The Kier molecular flexibility index (Phi) is 5.48. The molecule has 0 radical (unpaired) electrons. The van der Waals surface area contributed by atoms with Crippen molar-refractivity contribution in [2.24, 2.45) is 5.92 Å². The summed E-state index contributed by atoms with van der Waals surface area (Å²) in [5.41, 5.74) is 0. The van der Waals surface area contributed by atoms with E-state index in [4.69, 9.17) is 0 Å². The molecule has 2 heterocycles. The molecule has 0 aromatic carbocycles. The van der Waals surface area contributed by atoms with Crippen molar-refractivity contribution < 1.29 is 14.7 Å². The van der Waals surface area contributed by atoms with Gasteiger partial charge in [0.05, 0.1) is 0 Å². The van der Waals surface area contributed by atoms with Crippen molar-refractivity contribution in [3.63, 3.8) is 0 Å². The van der Waals surface area contributed by atoms with Gasteiger partial charge in [-0.1, -0.05) is 26.2 Å². The van der Waals surface area contributed by atoms with Crippen molar-refractivity contribution in [2.75, 3.05) is 13.1 Å². The van der Waals surface area contributed by atoms with Crippen molar-refractivity contribution in [1.29, 1.82) is 0 Å². The summed E-state index contributed by atoms with van der Waals surface area (Å²) < 4.78 is 0. The van der Waals surface area contributed by atoms with Crippen LogP contribution in [0.1, 0.15) is 58.8 Å². The van der Waals surface area contributed by atoms with E-state index < -0.39 is 12.0 Å². The third-order valence-electron chi connectivity index (χ3n) is 5.12. The minimum Gasteiger partial charge on any atom is -0.480 e. The lowest BCUT2D eigenvalue weighted by Crippen LogP contribution is -2.56. The first kappa shape index (κ1) is 16.1. The molecular weight excluding hydrogens is 268 g/mol. The van der Waals surface area contributed by atoms with Crippen LogP contribution in [0, 0.1) is 5.92 Å².